The van der Waals surface area contributed by atoms with Crippen molar-refractivity contribution in [2.45, 2.75) is 51.5 Å². The van der Waals surface area contributed by atoms with Crippen LogP contribution in [-0.2, 0) is 0 Å². The molecule has 1 N–H and O–H groups in total. The molecule has 0 bridgehead atoms. The van der Waals surface area contributed by atoms with Gasteiger partial charge in [0.05, 0.1) is 6.04 Å². The SMILES string of the molecule is CCC1CCCN(C(=O)c2ccn(C3CCCNC3)n2)CC1. The third kappa shape index (κ3) is 3.51. The molecule has 3 rings (SSSR count). The molecule has 3 heterocycles. The summed E-state index contributed by atoms with van der Waals surface area (Å²) in [7, 11) is 0. The van der Waals surface area contributed by atoms with Crippen molar-refractivity contribution in [1.82, 2.24) is 20.0 Å². The number of hydrogen-bond acceptors (Lipinski definition) is 3. The number of rotatable bonds is 3. The van der Waals surface area contributed by atoms with Gasteiger partial charge in [-0.2, -0.15) is 5.10 Å². The predicted molar refractivity (Wildman–Crippen MR) is 86.9 cm³/mol. The molecule has 22 heavy (non-hydrogen) atoms. The molecule has 0 spiro atoms. The number of nitrogens with one attached hydrogen (secondary N) is 1. The zero-order valence-corrected chi connectivity index (χ0v) is 13.6. The van der Waals surface area contributed by atoms with E-state index in [1.165, 1.54) is 19.3 Å². The molecule has 0 aromatic carbocycles. The van der Waals surface area contributed by atoms with Crippen LogP contribution in [0, 0.1) is 5.92 Å². The zero-order chi connectivity index (χ0) is 15.4. The van der Waals surface area contributed by atoms with Crippen LogP contribution in [0.25, 0.3) is 0 Å². The average molecular weight is 304 g/mol. The van der Waals surface area contributed by atoms with Crippen molar-refractivity contribution in [3.05, 3.63) is 18.0 Å². The molecular formula is C17H28N4O. The van der Waals surface area contributed by atoms with Crippen LogP contribution in [0.15, 0.2) is 12.3 Å². The number of amides is 1. The topological polar surface area (TPSA) is 50.2 Å². The van der Waals surface area contributed by atoms with Gasteiger partial charge in [0, 0.05) is 25.8 Å². The Morgan fingerprint density at radius 3 is 3.00 bits per heavy atom. The monoisotopic (exact) mass is 304 g/mol. The summed E-state index contributed by atoms with van der Waals surface area (Å²) in [4.78, 5) is 14.7. The van der Waals surface area contributed by atoms with E-state index in [2.05, 4.69) is 17.3 Å². The minimum atomic E-state index is 0.110. The van der Waals surface area contributed by atoms with Crippen LogP contribution in [0.5, 0.6) is 0 Å². The first-order chi connectivity index (χ1) is 10.8. The van der Waals surface area contributed by atoms with E-state index in [0.29, 0.717) is 11.7 Å². The van der Waals surface area contributed by atoms with Crippen LogP contribution in [-0.4, -0.2) is 46.8 Å². The summed E-state index contributed by atoms with van der Waals surface area (Å²) in [6.45, 7) is 6.07. The first kappa shape index (κ1) is 15.5. The summed E-state index contributed by atoms with van der Waals surface area (Å²) < 4.78 is 1.98. The summed E-state index contributed by atoms with van der Waals surface area (Å²) in [6.07, 6.45) is 9.03. The molecule has 0 aliphatic carbocycles. The first-order valence-electron chi connectivity index (χ1n) is 8.83. The molecule has 1 aromatic heterocycles. The summed E-state index contributed by atoms with van der Waals surface area (Å²) in [6, 6.07) is 2.28. The fourth-order valence-electron chi connectivity index (χ4n) is 3.65. The Labute approximate surface area is 133 Å². The maximum absolute atomic E-state index is 12.7. The quantitative estimate of drug-likeness (QED) is 0.933. The highest BCUT2D eigenvalue weighted by Gasteiger charge is 2.23. The molecule has 2 atom stereocenters. The van der Waals surface area contributed by atoms with Gasteiger partial charge in [-0.15, -0.1) is 0 Å². The molecule has 2 saturated heterocycles. The smallest absolute Gasteiger partial charge is 0.274 e. The Morgan fingerprint density at radius 1 is 1.32 bits per heavy atom. The molecule has 5 heteroatoms. The third-order valence-electron chi connectivity index (χ3n) is 5.18. The second-order valence-electron chi connectivity index (χ2n) is 6.68. The van der Waals surface area contributed by atoms with Crippen molar-refractivity contribution in [3.8, 4) is 0 Å². The molecule has 122 valence electrons. The van der Waals surface area contributed by atoms with Gasteiger partial charge in [-0.05, 0) is 50.6 Å². The van der Waals surface area contributed by atoms with Gasteiger partial charge in [-0.3, -0.25) is 9.48 Å². The van der Waals surface area contributed by atoms with Gasteiger partial charge in [0.1, 0.15) is 5.69 Å². The minimum Gasteiger partial charge on any atom is -0.337 e. The van der Waals surface area contributed by atoms with E-state index in [0.717, 1.165) is 51.4 Å². The fraction of sp³-hybridized carbons (Fsp3) is 0.765. The maximum atomic E-state index is 12.7. The molecule has 1 aromatic rings. The number of carbonyl (C=O) groups excluding carboxylic acids is 1. The van der Waals surface area contributed by atoms with Gasteiger partial charge < -0.3 is 10.2 Å². The van der Waals surface area contributed by atoms with Crippen LogP contribution < -0.4 is 5.32 Å². The van der Waals surface area contributed by atoms with E-state index in [1.54, 1.807) is 0 Å². The minimum absolute atomic E-state index is 0.110. The van der Waals surface area contributed by atoms with Gasteiger partial charge in [0.2, 0.25) is 0 Å². The van der Waals surface area contributed by atoms with E-state index in [9.17, 15) is 4.79 Å². The summed E-state index contributed by atoms with van der Waals surface area (Å²) in [5.41, 5.74) is 0.612. The molecule has 2 unspecified atom stereocenters. The standard InChI is InChI=1S/C17H28N4O/c1-2-14-5-4-10-20(11-7-14)17(22)16-8-12-21(19-16)15-6-3-9-18-13-15/h8,12,14-15,18H,2-7,9-11,13H2,1H3. The summed E-state index contributed by atoms with van der Waals surface area (Å²) in [5, 5.41) is 7.96. The normalized spacial score (nSPS) is 26.7. The highest BCUT2D eigenvalue weighted by Crippen LogP contribution is 2.21. The predicted octanol–water partition coefficient (Wildman–Crippen LogP) is 2.46. The number of aromatic nitrogens is 2. The average Bonchev–Trinajstić information content (AvgIpc) is 2.94. The molecule has 5 nitrogen and oxygen atoms in total. The number of piperidine rings is 1. The number of likely N-dealkylation sites (tertiary alicyclic amines) is 1. The first-order valence-corrected chi connectivity index (χ1v) is 8.83. The van der Waals surface area contributed by atoms with Crippen LogP contribution >= 0.6 is 0 Å². The summed E-state index contributed by atoms with van der Waals surface area (Å²) in [5.74, 6) is 0.892. The zero-order valence-electron chi connectivity index (χ0n) is 13.6. The second kappa shape index (κ2) is 7.27. The van der Waals surface area contributed by atoms with Gasteiger partial charge in [0.15, 0.2) is 0 Å². The van der Waals surface area contributed by atoms with Crippen LogP contribution in [0.3, 0.4) is 0 Å². The Bertz CT molecular complexity index is 493. The molecule has 0 saturated carbocycles. The van der Waals surface area contributed by atoms with Crippen molar-refractivity contribution < 1.29 is 4.79 Å². The molecule has 0 radical (unpaired) electrons. The Morgan fingerprint density at radius 2 is 2.23 bits per heavy atom. The molecule has 2 fully saturated rings. The molecule has 1 amide bonds. The number of nitrogens with zero attached hydrogens (tertiary/aromatic N) is 3. The van der Waals surface area contributed by atoms with Crippen molar-refractivity contribution in [3.63, 3.8) is 0 Å². The lowest BCUT2D eigenvalue weighted by atomic mass is 9.98. The van der Waals surface area contributed by atoms with E-state index >= 15 is 0 Å². The maximum Gasteiger partial charge on any atom is 0.274 e. The molecule has 2 aliphatic heterocycles. The Kier molecular flexibility index (Phi) is 5.13. The molecule has 2 aliphatic rings. The second-order valence-corrected chi connectivity index (χ2v) is 6.68. The molecular weight excluding hydrogens is 276 g/mol. The van der Waals surface area contributed by atoms with Crippen molar-refractivity contribution >= 4 is 5.91 Å². The largest absolute Gasteiger partial charge is 0.337 e. The highest BCUT2D eigenvalue weighted by atomic mass is 16.2. The van der Waals surface area contributed by atoms with E-state index in [-0.39, 0.29) is 5.91 Å². The van der Waals surface area contributed by atoms with E-state index in [1.807, 2.05) is 21.8 Å². The van der Waals surface area contributed by atoms with Gasteiger partial charge >= 0.3 is 0 Å². The van der Waals surface area contributed by atoms with Crippen LogP contribution in [0.1, 0.15) is 62.0 Å². The fourth-order valence-corrected chi connectivity index (χ4v) is 3.65. The van der Waals surface area contributed by atoms with Gasteiger partial charge in [0.25, 0.3) is 5.91 Å². The Balaban J connectivity index is 1.63. The van der Waals surface area contributed by atoms with Gasteiger partial charge in [-0.1, -0.05) is 13.3 Å². The lowest BCUT2D eigenvalue weighted by Crippen LogP contribution is -2.33. The number of carbonyl (C=O) groups is 1. The third-order valence-corrected chi connectivity index (χ3v) is 5.18. The van der Waals surface area contributed by atoms with E-state index < -0.39 is 0 Å². The lowest BCUT2D eigenvalue weighted by molar-refractivity contribution is 0.0752. The van der Waals surface area contributed by atoms with Crippen LogP contribution in [0.2, 0.25) is 0 Å². The van der Waals surface area contributed by atoms with E-state index in [4.69, 9.17) is 0 Å². The van der Waals surface area contributed by atoms with Crippen molar-refractivity contribution in [2.75, 3.05) is 26.2 Å². The summed E-state index contributed by atoms with van der Waals surface area (Å²) >= 11 is 0. The number of hydrogen-bond donors (Lipinski definition) is 1. The highest BCUT2D eigenvalue weighted by molar-refractivity contribution is 5.92. The van der Waals surface area contributed by atoms with Crippen molar-refractivity contribution in [1.29, 1.82) is 0 Å². The van der Waals surface area contributed by atoms with Crippen molar-refractivity contribution in [2.24, 2.45) is 5.92 Å². The van der Waals surface area contributed by atoms with Gasteiger partial charge in [-0.25, -0.2) is 0 Å². The lowest BCUT2D eigenvalue weighted by Gasteiger charge is -2.23. The Hall–Kier alpha value is -1.36. The van der Waals surface area contributed by atoms with Crippen LogP contribution in [0.4, 0.5) is 0 Å².